The SMILES string of the molecule is Cn1cnn(C[C@H](N)C(=O)O)c1=S. The van der Waals surface area contributed by atoms with Crippen LogP contribution in [-0.2, 0) is 18.4 Å². The highest BCUT2D eigenvalue weighted by atomic mass is 32.1. The van der Waals surface area contributed by atoms with Gasteiger partial charge in [-0.25, -0.2) is 4.68 Å². The first-order chi connectivity index (χ1) is 6.02. The van der Waals surface area contributed by atoms with Gasteiger partial charge in [-0.15, -0.1) is 0 Å². The van der Waals surface area contributed by atoms with Gasteiger partial charge in [0.15, 0.2) is 4.77 Å². The zero-order chi connectivity index (χ0) is 10.0. The van der Waals surface area contributed by atoms with E-state index >= 15 is 0 Å². The summed E-state index contributed by atoms with van der Waals surface area (Å²) in [5.41, 5.74) is 5.31. The summed E-state index contributed by atoms with van der Waals surface area (Å²) in [7, 11) is 1.73. The van der Waals surface area contributed by atoms with Gasteiger partial charge in [0.25, 0.3) is 0 Å². The van der Waals surface area contributed by atoms with Gasteiger partial charge in [-0.3, -0.25) is 4.79 Å². The predicted octanol–water partition coefficient (Wildman–Crippen LogP) is -0.637. The molecule has 0 saturated heterocycles. The van der Waals surface area contributed by atoms with Crippen molar-refractivity contribution in [3.05, 3.63) is 11.1 Å². The number of carboxylic acid groups (broad SMARTS) is 1. The highest BCUT2D eigenvalue weighted by molar-refractivity contribution is 7.71. The van der Waals surface area contributed by atoms with E-state index in [1.54, 1.807) is 11.6 Å². The fourth-order valence-electron chi connectivity index (χ4n) is 0.810. The maximum absolute atomic E-state index is 10.4. The Labute approximate surface area is 79.6 Å². The standard InChI is InChI=1S/C6H10N4O2S/c1-9-3-8-10(6(9)13)2-4(7)5(11)12/h3-4H,2,7H2,1H3,(H,11,12)/t4-/m0/s1. The average molecular weight is 202 g/mol. The molecule has 0 aliphatic carbocycles. The van der Waals surface area contributed by atoms with E-state index in [4.69, 9.17) is 23.1 Å². The molecule has 7 heteroatoms. The van der Waals surface area contributed by atoms with Gasteiger partial charge >= 0.3 is 5.97 Å². The van der Waals surface area contributed by atoms with Crippen LogP contribution in [0.3, 0.4) is 0 Å². The second-order valence-corrected chi connectivity index (χ2v) is 3.02. The van der Waals surface area contributed by atoms with E-state index in [1.165, 1.54) is 11.0 Å². The number of aromatic nitrogens is 3. The average Bonchev–Trinajstić information content (AvgIpc) is 2.36. The van der Waals surface area contributed by atoms with Crippen LogP contribution in [0.5, 0.6) is 0 Å². The highest BCUT2D eigenvalue weighted by Crippen LogP contribution is 1.92. The van der Waals surface area contributed by atoms with Crippen LogP contribution >= 0.6 is 12.2 Å². The molecule has 6 nitrogen and oxygen atoms in total. The van der Waals surface area contributed by atoms with Crippen LogP contribution in [0.4, 0.5) is 0 Å². The minimum atomic E-state index is -1.06. The van der Waals surface area contributed by atoms with Crippen molar-refractivity contribution in [2.45, 2.75) is 12.6 Å². The zero-order valence-electron chi connectivity index (χ0n) is 7.04. The third-order valence-corrected chi connectivity index (χ3v) is 2.07. The lowest BCUT2D eigenvalue weighted by atomic mass is 10.3. The van der Waals surface area contributed by atoms with Crippen molar-refractivity contribution in [1.82, 2.24) is 14.3 Å². The number of aryl methyl sites for hydroxylation is 1. The molecule has 13 heavy (non-hydrogen) atoms. The summed E-state index contributed by atoms with van der Waals surface area (Å²) in [5.74, 6) is -1.06. The molecular formula is C6H10N4O2S. The third kappa shape index (κ3) is 2.13. The van der Waals surface area contributed by atoms with E-state index in [9.17, 15) is 4.79 Å². The number of carbonyl (C=O) groups is 1. The van der Waals surface area contributed by atoms with Crippen LogP contribution < -0.4 is 5.73 Å². The van der Waals surface area contributed by atoms with Crippen LogP contribution in [0.25, 0.3) is 0 Å². The first kappa shape index (κ1) is 9.87. The number of nitrogens with two attached hydrogens (primary N) is 1. The maximum Gasteiger partial charge on any atom is 0.322 e. The van der Waals surface area contributed by atoms with E-state index in [0.717, 1.165) is 0 Å². The Hall–Kier alpha value is -1.21. The Morgan fingerprint density at radius 1 is 1.92 bits per heavy atom. The van der Waals surface area contributed by atoms with E-state index in [0.29, 0.717) is 4.77 Å². The Balaban J connectivity index is 2.81. The van der Waals surface area contributed by atoms with Crippen molar-refractivity contribution in [2.75, 3.05) is 0 Å². The molecule has 0 aliphatic heterocycles. The Morgan fingerprint density at radius 2 is 2.54 bits per heavy atom. The fourth-order valence-corrected chi connectivity index (χ4v) is 0.979. The van der Waals surface area contributed by atoms with Crippen molar-refractivity contribution in [3.8, 4) is 0 Å². The molecule has 1 heterocycles. The predicted molar refractivity (Wildman–Crippen MR) is 47.6 cm³/mol. The van der Waals surface area contributed by atoms with Gasteiger partial charge in [-0.1, -0.05) is 0 Å². The number of aliphatic carboxylic acids is 1. The van der Waals surface area contributed by atoms with Crippen molar-refractivity contribution in [1.29, 1.82) is 0 Å². The van der Waals surface area contributed by atoms with Gasteiger partial charge in [0.05, 0.1) is 6.54 Å². The molecule has 1 aromatic rings. The van der Waals surface area contributed by atoms with Crippen molar-refractivity contribution in [3.63, 3.8) is 0 Å². The Kier molecular flexibility index (Phi) is 2.79. The van der Waals surface area contributed by atoms with Crippen LogP contribution in [0, 0.1) is 4.77 Å². The summed E-state index contributed by atoms with van der Waals surface area (Å²) in [6.07, 6.45) is 1.51. The number of rotatable bonds is 3. The molecule has 72 valence electrons. The van der Waals surface area contributed by atoms with Gasteiger partial charge in [0.2, 0.25) is 0 Å². The molecule has 0 aliphatic rings. The molecule has 0 bridgehead atoms. The van der Waals surface area contributed by atoms with E-state index < -0.39 is 12.0 Å². The van der Waals surface area contributed by atoms with Crippen molar-refractivity contribution in [2.24, 2.45) is 12.8 Å². The van der Waals surface area contributed by atoms with Crippen molar-refractivity contribution >= 4 is 18.2 Å². The molecule has 3 N–H and O–H groups in total. The lowest BCUT2D eigenvalue weighted by molar-refractivity contribution is -0.138. The number of hydrogen-bond donors (Lipinski definition) is 2. The van der Waals surface area contributed by atoms with Crippen LogP contribution in [0.15, 0.2) is 6.33 Å². The number of carboxylic acids is 1. The molecule has 0 unspecified atom stereocenters. The summed E-state index contributed by atoms with van der Waals surface area (Å²) in [6.45, 7) is 0.0923. The normalized spacial score (nSPS) is 12.8. The van der Waals surface area contributed by atoms with Crippen molar-refractivity contribution < 1.29 is 9.90 Å². The summed E-state index contributed by atoms with van der Waals surface area (Å²) >= 11 is 4.95. The Bertz CT molecular complexity index is 369. The summed E-state index contributed by atoms with van der Waals surface area (Å²) in [6, 6.07) is -0.971. The van der Waals surface area contributed by atoms with Crippen LogP contribution in [-0.4, -0.2) is 31.5 Å². The van der Waals surface area contributed by atoms with Crippen LogP contribution in [0.2, 0.25) is 0 Å². The monoisotopic (exact) mass is 202 g/mol. The highest BCUT2D eigenvalue weighted by Gasteiger charge is 2.13. The lowest BCUT2D eigenvalue weighted by Gasteiger charge is -2.04. The van der Waals surface area contributed by atoms with E-state index in [-0.39, 0.29) is 6.54 Å². The molecule has 0 aromatic carbocycles. The largest absolute Gasteiger partial charge is 0.480 e. The molecule has 1 aromatic heterocycles. The Morgan fingerprint density at radius 3 is 2.92 bits per heavy atom. The first-order valence-corrected chi connectivity index (χ1v) is 4.00. The fraction of sp³-hybridized carbons (Fsp3) is 0.500. The molecule has 1 atom stereocenters. The smallest absolute Gasteiger partial charge is 0.322 e. The molecule has 0 spiro atoms. The topological polar surface area (TPSA) is 86.1 Å². The minimum absolute atomic E-state index is 0.0923. The van der Waals surface area contributed by atoms with Gasteiger partial charge in [-0.2, -0.15) is 5.10 Å². The van der Waals surface area contributed by atoms with E-state index in [2.05, 4.69) is 5.10 Å². The summed E-state index contributed by atoms with van der Waals surface area (Å²) < 4.78 is 3.45. The second-order valence-electron chi connectivity index (χ2n) is 2.65. The molecule has 0 fully saturated rings. The lowest BCUT2D eigenvalue weighted by Crippen LogP contribution is -2.35. The molecule has 0 saturated carbocycles. The quantitative estimate of drug-likeness (QED) is 0.637. The summed E-state index contributed by atoms with van der Waals surface area (Å²) in [5, 5.41) is 12.4. The molecule has 0 amide bonds. The van der Waals surface area contributed by atoms with Gasteiger partial charge < -0.3 is 15.4 Å². The summed E-state index contributed by atoms with van der Waals surface area (Å²) in [4.78, 5) is 10.4. The maximum atomic E-state index is 10.4. The molecule has 0 radical (unpaired) electrons. The molecule has 1 rings (SSSR count). The van der Waals surface area contributed by atoms with Gasteiger partial charge in [-0.05, 0) is 12.2 Å². The number of nitrogens with zero attached hydrogens (tertiary/aromatic N) is 3. The zero-order valence-corrected chi connectivity index (χ0v) is 7.86. The number of hydrogen-bond acceptors (Lipinski definition) is 4. The second kappa shape index (κ2) is 3.67. The molecular weight excluding hydrogens is 192 g/mol. The van der Waals surface area contributed by atoms with Crippen LogP contribution in [0.1, 0.15) is 0 Å². The van der Waals surface area contributed by atoms with Gasteiger partial charge in [0.1, 0.15) is 12.4 Å². The third-order valence-electron chi connectivity index (χ3n) is 1.57. The first-order valence-electron chi connectivity index (χ1n) is 3.59. The van der Waals surface area contributed by atoms with Gasteiger partial charge in [0, 0.05) is 7.05 Å². The van der Waals surface area contributed by atoms with E-state index in [1.807, 2.05) is 0 Å². The minimum Gasteiger partial charge on any atom is -0.480 e.